The third-order valence-electron chi connectivity index (χ3n) is 2.55. The van der Waals surface area contributed by atoms with Crippen molar-refractivity contribution in [2.24, 2.45) is 0 Å². The molecule has 0 unspecified atom stereocenters. The molecule has 1 heterocycles. The van der Waals surface area contributed by atoms with Gasteiger partial charge in [-0.05, 0) is 19.1 Å². The molecule has 7 heteroatoms. The lowest BCUT2D eigenvalue weighted by atomic mass is 10.2. The Hall–Kier alpha value is -2.15. The third kappa shape index (κ3) is 4.85. The van der Waals surface area contributed by atoms with E-state index >= 15 is 0 Å². The van der Waals surface area contributed by atoms with E-state index in [1.165, 1.54) is 7.11 Å². The van der Waals surface area contributed by atoms with E-state index in [4.69, 9.17) is 4.74 Å². The van der Waals surface area contributed by atoms with Gasteiger partial charge < -0.3 is 20.1 Å². The standard InChI is InChI=1S/C13H19N3O4/c1-9-10(13(18)20-3)4-5-11(16-9)15-8-12(17)14-6-7-19-2/h4-5H,6-8H2,1-3H3,(H,14,17)(H,15,16). The van der Waals surface area contributed by atoms with Gasteiger partial charge in [-0.15, -0.1) is 0 Å². The van der Waals surface area contributed by atoms with E-state index in [1.54, 1.807) is 26.2 Å². The quantitative estimate of drug-likeness (QED) is 0.554. The summed E-state index contributed by atoms with van der Waals surface area (Å²) in [5.74, 6) is -0.0607. The minimum atomic E-state index is -0.432. The third-order valence-corrected chi connectivity index (χ3v) is 2.55. The Morgan fingerprint density at radius 3 is 2.65 bits per heavy atom. The van der Waals surface area contributed by atoms with Crippen LogP contribution in [0.25, 0.3) is 0 Å². The first-order valence-electron chi connectivity index (χ1n) is 6.14. The number of anilines is 1. The Balaban J connectivity index is 2.51. The number of amides is 1. The molecule has 1 amide bonds. The molecule has 20 heavy (non-hydrogen) atoms. The topological polar surface area (TPSA) is 89.6 Å². The van der Waals surface area contributed by atoms with E-state index in [0.29, 0.717) is 30.2 Å². The maximum Gasteiger partial charge on any atom is 0.339 e. The van der Waals surface area contributed by atoms with Gasteiger partial charge in [0.1, 0.15) is 5.82 Å². The number of hydrogen-bond acceptors (Lipinski definition) is 6. The van der Waals surface area contributed by atoms with Crippen LogP contribution in [-0.4, -0.2) is 50.8 Å². The van der Waals surface area contributed by atoms with E-state index in [1.807, 2.05) is 0 Å². The summed E-state index contributed by atoms with van der Waals surface area (Å²) < 4.78 is 9.46. The van der Waals surface area contributed by atoms with Crippen LogP contribution in [0, 0.1) is 6.92 Å². The van der Waals surface area contributed by atoms with Crippen LogP contribution in [0.2, 0.25) is 0 Å². The Morgan fingerprint density at radius 2 is 2.05 bits per heavy atom. The highest BCUT2D eigenvalue weighted by Crippen LogP contribution is 2.11. The van der Waals surface area contributed by atoms with Gasteiger partial charge in [0.05, 0.1) is 31.5 Å². The van der Waals surface area contributed by atoms with Gasteiger partial charge in [-0.25, -0.2) is 9.78 Å². The van der Waals surface area contributed by atoms with Crippen LogP contribution in [0.4, 0.5) is 5.82 Å². The molecule has 0 saturated carbocycles. The fraction of sp³-hybridized carbons (Fsp3) is 0.462. The van der Waals surface area contributed by atoms with Gasteiger partial charge in [0.15, 0.2) is 0 Å². The summed E-state index contributed by atoms with van der Waals surface area (Å²) in [7, 11) is 2.89. The van der Waals surface area contributed by atoms with Crippen molar-refractivity contribution in [2.45, 2.75) is 6.92 Å². The lowest BCUT2D eigenvalue weighted by Gasteiger charge is -2.09. The predicted octanol–water partition coefficient (Wildman–Crippen LogP) is 0.351. The Kier molecular flexibility index (Phi) is 6.45. The zero-order valence-corrected chi connectivity index (χ0v) is 11.9. The van der Waals surface area contributed by atoms with Crippen molar-refractivity contribution in [3.05, 3.63) is 23.4 Å². The highest BCUT2D eigenvalue weighted by Gasteiger charge is 2.10. The number of aryl methyl sites for hydroxylation is 1. The molecule has 0 atom stereocenters. The molecule has 0 aromatic carbocycles. The summed E-state index contributed by atoms with van der Waals surface area (Å²) in [6, 6.07) is 3.24. The molecular weight excluding hydrogens is 262 g/mol. The molecule has 0 saturated heterocycles. The van der Waals surface area contributed by atoms with Crippen LogP contribution in [-0.2, 0) is 14.3 Å². The fourth-order valence-corrected chi connectivity index (χ4v) is 1.51. The molecule has 0 aliphatic carbocycles. The molecular formula is C13H19N3O4. The van der Waals surface area contributed by atoms with Crippen LogP contribution in [0.3, 0.4) is 0 Å². The first kappa shape index (κ1) is 15.9. The molecule has 2 N–H and O–H groups in total. The van der Waals surface area contributed by atoms with Gasteiger partial charge in [0.2, 0.25) is 5.91 Å². The Bertz CT molecular complexity index is 477. The van der Waals surface area contributed by atoms with Crippen molar-refractivity contribution >= 4 is 17.7 Å². The van der Waals surface area contributed by atoms with E-state index in [0.717, 1.165) is 0 Å². The van der Waals surface area contributed by atoms with Gasteiger partial charge in [-0.2, -0.15) is 0 Å². The maximum absolute atomic E-state index is 11.5. The first-order chi connectivity index (χ1) is 9.58. The van der Waals surface area contributed by atoms with Crippen LogP contribution in [0.1, 0.15) is 16.1 Å². The number of carbonyl (C=O) groups is 2. The van der Waals surface area contributed by atoms with E-state index in [9.17, 15) is 9.59 Å². The van der Waals surface area contributed by atoms with Crippen molar-refractivity contribution in [2.75, 3.05) is 39.2 Å². The molecule has 0 aliphatic rings. The van der Waals surface area contributed by atoms with E-state index in [-0.39, 0.29) is 12.5 Å². The number of aromatic nitrogens is 1. The Labute approximate surface area is 117 Å². The first-order valence-corrected chi connectivity index (χ1v) is 6.14. The Morgan fingerprint density at radius 1 is 1.30 bits per heavy atom. The SMILES string of the molecule is COCCNC(=O)CNc1ccc(C(=O)OC)c(C)n1. The predicted molar refractivity (Wildman–Crippen MR) is 73.7 cm³/mol. The van der Waals surface area contributed by atoms with Gasteiger partial charge in [0, 0.05) is 13.7 Å². The second kappa shape index (κ2) is 8.11. The second-order valence-electron chi connectivity index (χ2n) is 4.02. The average molecular weight is 281 g/mol. The smallest absolute Gasteiger partial charge is 0.339 e. The van der Waals surface area contributed by atoms with E-state index in [2.05, 4.69) is 20.4 Å². The van der Waals surface area contributed by atoms with Crippen molar-refractivity contribution in [3.8, 4) is 0 Å². The highest BCUT2D eigenvalue weighted by molar-refractivity contribution is 5.90. The van der Waals surface area contributed by atoms with Crippen molar-refractivity contribution < 1.29 is 19.1 Å². The lowest BCUT2D eigenvalue weighted by Crippen LogP contribution is -2.32. The van der Waals surface area contributed by atoms with Gasteiger partial charge in [0.25, 0.3) is 0 Å². The summed E-state index contributed by atoms with van der Waals surface area (Å²) in [4.78, 5) is 27.1. The largest absolute Gasteiger partial charge is 0.465 e. The highest BCUT2D eigenvalue weighted by atomic mass is 16.5. The number of pyridine rings is 1. The zero-order chi connectivity index (χ0) is 15.0. The molecule has 0 aliphatic heterocycles. The molecule has 0 spiro atoms. The fourth-order valence-electron chi connectivity index (χ4n) is 1.51. The maximum atomic E-state index is 11.5. The number of carbonyl (C=O) groups excluding carboxylic acids is 2. The molecule has 0 fully saturated rings. The number of esters is 1. The number of nitrogens with zero attached hydrogens (tertiary/aromatic N) is 1. The van der Waals surface area contributed by atoms with Crippen LogP contribution >= 0.6 is 0 Å². The molecule has 1 aromatic heterocycles. The number of ether oxygens (including phenoxy) is 2. The number of methoxy groups -OCH3 is 2. The summed E-state index contributed by atoms with van der Waals surface area (Å²) in [5, 5.41) is 5.56. The molecule has 0 bridgehead atoms. The molecule has 0 radical (unpaired) electrons. The summed E-state index contributed by atoms with van der Waals surface area (Å²) in [6.45, 7) is 2.74. The van der Waals surface area contributed by atoms with Gasteiger partial charge >= 0.3 is 5.97 Å². The van der Waals surface area contributed by atoms with Crippen LogP contribution < -0.4 is 10.6 Å². The van der Waals surface area contributed by atoms with E-state index < -0.39 is 5.97 Å². The number of rotatable bonds is 7. The summed E-state index contributed by atoms with van der Waals surface area (Å²) >= 11 is 0. The number of hydrogen-bond donors (Lipinski definition) is 2. The van der Waals surface area contributed by atoms with Crippen LogP contribution in [0.15, 0.2) is 12.1 Å². The molecule has 1 aromatic rings. The molecule has 110 valence electrons. The lowest BCUT2D eigenvalue weighted by molar-refractivity contribution is -0.119. The second-order valence-corrected chi connectivity index (χ2v) is 4.02. The van der Waals surface area contributed by atoms with Crippen molar-refractivity contribution in [1.29, 1.82) is 0 Å². The zero-order valence-electron chi connectivity index (χ0n) is 11.9. The molecule has 1 rings (SSSR count). The van der Waals surface area contributed by atoms with Crippen LogP contribution in [0.5, 0.6) is 0 Å². The van der Waals surface area contributed by atoms with Crippen molar-refractivity contribution in [1.82, 2.24) is 10.3 Å². The summed E-state index contributed by atoms with van der Waals surface area (Å²) in [6.07, 6.45) is 0. The van der Waals surface area contributed by atoms with Gasteiger partial charge in [-0.1, -0.05) is 0 Å². The average Bonchev–Trinajstić information content (AvgIpc) is 2.44. The van der Waals surface area contributed by atoms with Crippen molar-refractivity contribution in [3.63, 3.8) is 0 Å². The normalized spacial score (nSPS) is 9.95. The molecule has 7 nitrogen and oxygen atoms in total. The summed E-state index contributed by atoms with van der Waals surface area (Å²) in [5.41, 5.74) is 0.948. The minimum Gasteiger partial charge on any atom is -0.465 e. The number of nitrogens with one attached hydrogen (secondary N) is 2. The van der Waals surface area contributed by atoms with Gasteiger partial charge in [-0.3, -0.25) is 4.79 Å². The minimum absolute atomic E-state index is 0.105. The monoisotopic (exact) mass is 281 g/mol.